The Hall–Kier alpha value is -1.88. The molecule has 18 heavy (non-hydrogen) atoms. The SMILES string of the molecule is COCCNC(=O)c1ccc2c(c1)CCC(=O)N2. The summed E-state index contributed by atoms with van der Waals surface area (Å²) in [5.74, 6) is -0.0912. The molecule has 0 aromatic heterocycles. The van der Waals surface area contributed by atoms with E-state index in [-0.39, 0.29) is 11.8 Å². The average Bonchev–Trinajstić information content (AvgIpc) is 2.38. The van der Waals surface area contributed by atoms with Crippen LogP contribution in [0.25, 0.3) is 0 Å². The molecule has 0 bridgehead atoms. The minimum Gasteiger partial charge on any atom is -0.383 e. The number of anilines is 1. The van der Waals surface area contributed by atoms with E-state index in [9.17, 15) is 9.59 Å². The lowest BCUT2D eigenvalue weighted by Gasteiger charge is -2.17. The first kappa shape index (κ1) is 12.6. The van der Waals surface area contributed by atoms with Crippen molar-refractivity contribution < 1.29 is 14.3 Å². The average molecular weight is 248 g/mol. The summed E-state index contributed by atoms with van der Waals surface area (Å²) >= 11 is 0. The van der Waals surface area contributed by atoms with Crippen LogP contribution in [0.2, 0.25) is 0 Å². The number of benzene rings is 1. The molecule has 5 heteroatoms. The van der Waals surface area contributed by atoms with E-state index in [0.29, 0.717) is 31.6 Å². The maximum absolute atomic E-state index is 11.8. The molecule has 1 aromatic carbocycles. The first-order valence-corrected chi connectivity index (χ1v) is 5.90. The van der Waals surface area contributed by atoms with Gasteiger partial charge >= 0.3 is 0 Å². The van der Waals surface area contributed by atoms with Gasteiger partial charge in [0, 0.05) is 31.3 Å². The first-order chi connectivity index (χ1) is 8.70. The summed E-state index contributed by atoms with van der Waals surface area (Å²) < 4.78 is 4.87. The molecule has 0 unspecified atom stereocenters. The van der Waals surface area contributed by atoms with E-state index < -0.39 is 0 Å². The number of hydrogen-bond acceptors (Lipinski definition) is 3. The zero-order valence-corrected chi connectivity index (χ0v) is 10.3. The maximum atomic E-state index is 11.8. The molecule has 0 saturated carbocycles. The Kier molecular flexibility index (Phi) is 3.94. The lowest BCUT2D eigenvalue weighted by molar-refractivity contribution is -0.116. The molecular weight excluding hydrogens is 232 g/mol. The van der Waals surface area contributed by atoms with E-state index >= 15 is 0 Å². The second kappa shape index (κ2) is 5.64. The Morgan fingerprint density at radius 3 is 3.06 bits per heavy atom. The van der Waals surface area contributed by atoms with Crippen molar-refractivity contribution in [2.75, 3.05) is 25.6 Å². The quantitative estimate of drug-likeness (QED) is 0.779. The number of carbonyl (C=O) groups is 2. The molecule has 2 rings (SSSR count). The predicted molar refractivity (Wildman–Crippen MR) is 67.6 cm³/mol. The van der Waals surface area contributed by atoms with Crippen LogP contribution in [0.5, 0.6) is 0 Å². The lowest BCUT2D eigenvalue weighted by atomic mass is 10.00. The molecule has 0 fully saturated rings. The van der Waals surface area contributed by atoms with Crippen molar-refractivity contribution >= 4 is 17.5 Å². The predicted octanol–water partition coefficient (Wildman–Crippen LogP) is 0.947. The molecule has 1 aromatic rings. The Bertz CT molecular complexity index is 471. The zero-order chi connectivity index (χ0) is 13.0. The van der Waals surface area contributed by atoms with Crippen molar-refractivity contribution in [2.45, 2.75) is 12.8 Å². The van der Waals surface area contributed by atoms with Crippen LogP contribution in [0.4, 0.5) is 5.69 Å². The van der Waals surface area contributed by atoms with E-state index in [1.165, 1.54) is 0 Å². The molecule has 0 spiro atoms. The second-order valence-electron chi connectivity index (χ2n) is 4.17. The molecule has 0 saturated heterocycles. The fourth-order valence-electron chi connectivity index (χ4n) is 1.89. The molecular formula is C13H16N2O3. The van der Waals surface area contributed by atoms with E-state index in [1.54, 1.807) is 19.2 Å². The van der Waals surface area contributed by atoms with Gasteiger partial charge in [-0.25, -0.2) is 0 Å². The minimum absolute atomic E-state index is 0.0276. The highest BCUT2D eigenvalue weighted by Gasteiger charge is 2.16. The molecule has 96 valence electrons. The Labute approximate surface area is 106 Å². The molecule has 0 aliphatic carbocycles. The fraction of sp³-hybridized carbons (Fsp3) is 0.385. The Morgan fingerprint density at radius 2 is 2.28 bits per heavy atom. The molecule has 0 radical (unpaired) electrons. The number of rotatable bonds is 4. The third kappa shape index (κ3) is 2.87. The van der Waals surface area contributed by atoms with Gasteiger partial charge < -0.3 is 15.4 Å². The fourth-order valence-corrected chi connectivity index (χ4v) is 1.89. The highest BCUT2D eigenvalue weighted by molar-refractivity contribution is 5.97. The van der Waals surface area contributed by atoms with Gasteiger partial charge in [-0.05, 0) is 30.2 Å². The summed E-state index contributed by atoms with van der Waals surface area (Å²) in [5.41, 5.74) is 2.43. The van der Waals surface area contributed by atoms with Gasteiger partial charge in [0.1, 0.15) is 0 Å². The third-order valence-electron chi connectivity index (χ3n) is 2.85. The monoisotopic (exact) mass is 248 g/mol. The minimum atomic E-state index is -0.119. The van der Waals surface area contributed by atoms with Gasteiger partial charge in [-0.3, -0.25) is 9.59 Å². The summed E-state index contributed by atoms with van der Waals surface area (Å²) in [6.07, 6.45) is 1.15. The number of carbonyl (C=O) groups excluding carboxylic acids is 2. The van der Waals surface area contributed by atoms with E-state index in [0.717, 1.165) is 11.3 Å². The molecule has 1 heterocycles. The number of amides is 2. The number of methoxy groups -OCH3 is 1. The van der Waals surface area contributed by atoms with Gasteiger partial charge in [-0.1, -0.05) is 0 Å². The molecule has 2 amide bonds. The topological polar surface area (TPSA) is 67.4 Å². The van der Waals surface area contributed by atoms with Crippen molar-refractivity contribution in [3.05, 3.63) is 29.3 Å². The van der Waals surface area contributed by atoms with Gasteiger partial charge in [0.05, 0.1) is 6.61 Å². The third-order valence-corrected chi connectivity index (χ3v) is 2.85. The first-order valence-electron chi connectivity index (χ1n) is 5.90. The molecule has 1 aliphatic rings. The molecule has 5 nitrogen and oxygen atoms in total. The van der Waals surface area contributed by atoms with Crippen LogP contribution in [0, 0.1) is 0 Å². The number of hydrogen-bond donors (Lipinski definition) is 2. The summed E-state index contributed by atoms with van der Waals surface area (Å²) in [4.78, 5) is 23.0. The zero-order valence-electron chi connectivity index (χ0n) is 10.3. The van der Waals surface area contributed by atoms with Crippen LogP contribution in [0.3, 0.4) is 0 Å². The van der Waals surface area contributed by atoms with Gasteiger partial charge in [0.15, 0.2) is 0 Å². The van der Waals surface area contributed by atoms with Crippen molar-refractivity contribution in [1.82, 2.24) is 5.32 Å². The molecule has 0 atom stereocenters. The number of ether oxygens (including phenoxy) is 1. The molecule has 1 aliphatic heterocycles. The Morgan fingerprint density at radius 1 is 1.44 bits per heavy atom. The van der Waals surface area contributed by atoms with Crippen LogP contribution < -0.4 is 10.6 Å². The van der Waals surface area contributed by atoms with Crippen molar-refractivity contribution in [3.8, 4) is 0 Å². The van der Waals surface area contributed by atoms with Crippen LogP contribution in [0.15, 0.2) is 18.2 Å². The van der Waals surface area contributed by atoms with E-state index in [1.807, 2.05) is 6.07 Å². The second-order valence-corrected chi connectivity index (χ2v) is 4.17. The smallest absolute Gasteiger partial charge is 0.251 e. The maximum Gasteiger partial charge on any atom is 0.251 e. The van der Waals surface area contributed by atoms with Crippen molar-refractivity contribution in [1.29, 1.82) is 0 Å². The highest BCUT2D eigenvalue weighted by Crippen LogP contribution is 2.23. The highest BCUT2D eigenvalue weighted by atomic mass is 16.5. The Balaban J connectivity index is 2.06. The van der Waals surface area contributed by atoms with Crippen molar-refractivity contribution in [3.63, 3.8) is 0 Å². The van der Waals surface area contributed by atoms with Crippen LogP contribution >= 0.6 is 0 Å². The lowest BCUT2D eigenvalue weighted by Crippen LogP contribution is -2.27. The summed E-state index contributed by atoms with van der Waals surface area (Å²) in [6.45, 7) is 0.982. The number of fused-ring (bicyclic) bond motifs is 1. The van der Waals surface area contributed by atoms with Gasteiger partial charge in [0.25, 0.3) is 5.91 Å². The summed E-state index contributed by atoms with van der Waals surface area (Å²) in [7, 11) is 1.59. The van der Waals surface area contributed by atoms with Crippen LogP contribution in [-0.4, -0.2) is 32.1 Å². The molecule has 2 N–H and O–H groups in total. The van der Waals surface area contributed by atoms with Crippen LogP contribution in [0.1, 0.15) is 22.3 Å². The van der Waals surface area contributed by atoms with Crippen molar-refractivity contribution in [2.24, 2.45) is 0 Å². The number of aryl methyl sites for hydroxylation is 1. The van der Waals surface area contributed by atoms with Gasteiger partial charge in [0.2, 0.25) is 5.91 Å². The van der Waals surface area contributed by atoms with Gasteiger partial charge in [-0.15, -0.1) is 0 Å². The summed E-state index contributed by atoms with van der Waals surface area (Å²) in [5, 5.41) is 5.55. The number of nitrogens with one attached hydrogen (secondary N) is 2. The van der Waals surface area contributed by atoms with E-state index in [4.69, 9.17) is 4.74 Å². The standard InChI is InChI=1S/C13H16N2O3/c1-18-7-6-14-13(17)10-2-4-11-9(8-10)3-5-12(16)15-11/h2,4,8H,3,5-7H2,1H3,(H,14,17)(H,15,16). The summed E-state index contributed by atoms with van der Waals surface area (Å²) in [6, 6.07) is 5.32. The largest absolute Gasteiger partial charge is 0.383 e. The van der Waals surface area contributed by atoms with Crippen LogP contribution in [-0.2, 0) is 16.0 Å². The van der Waals surface area contributed by atoms with Gasteiger partial charge in [-0.2, -0.15) is 0 Å². The van der Waals surface area contributed by atoms with E-state index in [2.05, 4.69) is 10.6 Å². The normalized spacial score (nSPS) is 13.7.